The van der Waals surface area contributed by atoms with Crippen LogP contribution >= 0.6 is 35.0 Å². The molecule has 0 amide bonds. The van der Waals surface area contributed by atoms with Crippen LogP contribution in [0.15, 0.2) is 29.2 Å². The minimum absolute atomic E-state index is 0.557. The Labute approximate surface area is 98.7 Å². The number of hydrogen-bond acceptors (Lipinski definition) is 2. The first-order valence-corrected chi connectivity index (χ1v) is 6.25. The molecule has 0 fully saturated rings. The molecule has 4 heteroatoms. The predicted molar refractivity (Wildman–Crippen MR) is 63.7 cm³/mol. The third-order valence-electron chi connectivity index (χ3n) is 1.51. The molecule has 1 aromatic carbocycles. The van der Waals surface area contributed by atoms with Gasteiger partial charge in [-0.1, -0.05) is 17.7 Å². The summed E-state index contributed by atoms with van der Waals surface area (Å²) in [5.41, 5.74) is 0. The molecule has 0 aromatic heterocycles. The lowest BCUT2D eigenvalue weighted by molar-refractivity contribution is 0.166. The Morgan fingerprint density at radius 2 is 2.14 bits per heavy atom. The molecule has 0 spiro atoms. The fourth-order valence-electron chi connectivity index (χ4n) is 0.932. The number of alkyl halides is 1. The zero-order valence-corrected chi connectivity index (χ0v) is 10.0. The third-order valence-corrected chi connectivity index (χ3v) is 2.86. The first kappa shape index (κ1) is 12.2. The topological polar surface area (TPSA) is 9.23 Å². The number of benzene rings is 1. The molecular weight excluding hydrogens is 239 g/mol. The van der Waals surface area contributed by atoms with Gasteiger partial charge in [0.2, 0.25) is 0 Å². The Morgan fingerprint density at radius 1 is 1.29 bits per heavy atom. The second-order valence-corrected chi connectivity index (χ2v) is 4.59. The zero-order valence-electron chi connectivity index (χ0n) is 7.71. The highest BCUT2D eigenvalue weighted by Crippen LogP contribution is 2.21. The molecular formula is C10H12Cl2OS. The Bertz CT molecular complexity index is 268. The van der Waals surface area contributed by atoms with Gasteiger partial charge in [0.1, 0.15) is 0 Å². The minimum atomic E-state index is 0.557. The zero-order chi connectivity index (χ0) is 10.2. The van der Waals surface area contributed by atoms with Gasteiger partial charge < -0.3 is 4.74 Å². The minimum Gasteiger partial charge on any atom is -0.379 e. The van der Waals surface area contributed by atoms with Crippen LogP contribution in [0.25, 0.3) is 0 Å². The number of halogens is 2. The lowest BCUT2D eigenvalue weighted by atomic mass is 10.4. The van der Waals surface area contributed by atoms with Crippen LogP contribution in [0, 0.1) is 0 Å². The van der Waals surface area contributed by atoms with Gasteiger partial charge in [-0.25, -0.2) is 0 Å². The molecule has 14 heavy (non-hydrogen) atoms. The Morgan fingerprint density at radius 3 is 2.86 bits per heavy atom. The normalized spacial score (nSPS) is 10.4. The first-order valence-electron chi connectivity index (χ1n) is 4.35. The monoisotopic (exact) mass is 250 g/mol. The van der Waals surface area contributed by atoms with Gasteiger partial charge in [-0.05, 0) is 18.2 Å². The van der Waals surface area contributed by atoms with Crippen molar-refractivity contribution in [1.82, 2.24) is 0 Å². The van der Waals surface area contributed by atoms with Crippen LogP contribution in [0.2, 0.25) is 5.02 Å². The largest absolute Gasteiger partial charge is 0.379 e. The van der Waals surface area contributed by atoms with Gasteiger partial charge in [0.15, 0.2) is 0 Å². The van der Waals surface area contributed by atoms with Gasteiger partial charge in [0.25, 0.3) is 0 Å². The van der Waals surface area contributed by atoms with E-state index in [1.807, 2.05) is 24.3 Å². The van der Waals surface area contributed by atoms with Gasteiger partial charge in [0.05, 0.1) is 13.2 Å². The number of ether oxygens (including phenoxy) is 1. The second-order valence-electron chi connectivity index (χ2n) is 2.61. The fraction of sp³-hybridized carbons (Fsp3) is 0.400. The summed E-state index contributed by atoms with van der Waals surface area (Å²) in [6, 6.07) is 7.81. The van der Waals surface area contributed by atoms with Gasteiger partial charge in [-0.15, -0.1) is 23.4 Å². The van der Waals surface area contributed by atoms with Crippen molar-refractivity contribution in [3.05, 3.63) is 29.3 Å². The van der Waals surface area contributed by atoms with Crippen molar-refractivity contribution < 1.29 is 4.74 Å². The molecule has 1 aromatic rings. The van der Waals surface area contributed by atoms with Crippen molar-refractivity contribution in [2.45, 2.75) is 4.90 Å². The van der Waals surface area contributed by atoms with E-state index in [1.165, 1.54) is 4.90 Å². The summed E-state index contributed by atoms with van der Waals surface area (Å²) in [6.45, 7) is 1.35. The molecule has 0 aliphatic rings. The molecule has 0 radical (unpaired) electrons. The SMILES string of the molecule is ClCCOCCSc1cccc(Cl)c1. The average molecular weight is 251 g/mol. The maximum atomic E-state index is 5.85. The number of rotatable bonds is 6. The van der Waals surface area contributed by atoms with Crippen LogP contribution in [0.3, 0.4) is 0 Å². The van der Waals surface area contributed by atoms with Crippen LogP contribution in [0.5, 0.6) is 0 Å². The summed E-state index contributed by atoms with van der Waals surface area (Å²) in [6.07, 6.45) is 0. The smallest absolute Gasteiger partial charge is 0.0602 e. The van der Waals surface area contributed by atoms with Crippen molar-refractivity contribution in [2.24, 2.45) is 0 Å². The summed E-state index contributed by atoms with van der Waals surface area (Å²) in [5.74, 6) is 1.49. The molecule has 0 bridgehead atoms. The summed E-state index contributed by atoms with van der Waals surface area (Å²) in [7, 11) is 0. The molecule has 0 atom stereocenters. The molecule has 0 heterocycles. The van der Waals surface area contributed by atoms with Crippen LogP contribution in [0.4, 0.5) is 0 Å². The second kappa shape index (κ2) is 7.41. The summed E-state index contributed by atoms with van der Waals surface area (Å²) in [5, 5.41) is 0.775. The number of hydrogen-bond donors (Lipinski definition) is 0. The lowest BCUT2D eigenvalue weighted by Gasteiger charge is -2.02. The van der Waals surface area contributed by atoms with Crippen molar-refractivity contribution >= 4 is 35.0 Å². The van der Waals surface area contributed by atoms with E-state index in [0.717, 1.165) is 17.4 Å². The molecule has 0 aliphatic carbocycles. The molecule has 1 nitrogen and oxygen atoms in total. The molecule has 78 valence electrons. The van der Waals surface area contributed by atoms with Gasteiger partial charge in [-0.3, -0.25) is 0 Å². The van der Waals surface area contributed by atoms with E-state index in [2.05, 4.69) is 0 Å². The van der Waals surface area contributed by atoms with E-state index in [9.17, 15) is 0 Å². The van der Waals surface area contributed by atoms with Crippen molar-refractivity contribution in [1.29, 1.82) is 0 Å². The molecule has 0 unspecified atom stereocenters. The van der Waals surface area contributed by atoms with Crippen LogP contribution in [0.1, 0.15) is 0 Å². The van der Waals surface area contributed by atoms with Gasteiger partial charge >= 0.3 is 0 Å². The van der Waals surface area contributed by atoms with E-state index in [-0.39, 0.29) is 0 Å². The third kappa shape index (κ3) is 5.11. The molecule has 0 saturated carbocycles. The summed E-state index contributed by atoms with van der Waals surface area (Å²) < 4.78 is 5.25. The number of thioether (sulfide) groups is 1. The predicted octanol–water partition coefficient (Wildman–Crippen LogP) is 3.69. The molecule has 0 saturated heterocycles. The molecule has 0 aliphatic heterocycles. The van der Waals surface area contributed by atoms with E-state index in [0.29, 0.717) is 12.5 Å². The van der Waals surface area contributed by atoms with Gasteiger partial charge in [-0.2, -0.15) is 0 Å². The summed E-state index contributed by atoms with van der Waals surface area (Å²) >= 11 is 13.0. The van der Waals surface area contributed by atoms with Crippen LogP contribution in [-0.4, -0.2) is 24.8 Å². The maximum absolute atomic E-state index is 5.85. The fourth-order valence-corrected chi connectivity index (χ4v) is 2.12. The van der Waals surface area contributed by atoms with E-state index in [1.54, 1.807) is 11.8 Å². The Balaban J connectivity index is 2.18. The van der Waals surface area contributed by atoms with Crippen molar-refractivity contribution in [3.8, 4) is 0 Å². The summed E-state index contributed by atoms with van der Waals surface area (Å²) in [4.78, 5) is 1.17. The van der Waals surface area contributed by atoms with E-state index >= 15 is 0 Å². The van der Waals surface area contributed by atoms with Crippen molar-refractivity contribution in [3.63, 3.8) is 0 Å². The van der Waals surface area contributed by atoms with E-state index in [4.69, 9.17) is 27.9 Å². The Kier molecular flexibility index (Phi) is 6.45. The molecule has 1 rings (SSSR count). The van der Waals surface area contributed by atoms with Gasteiger partial charge in [0, 0.05) is 21.6 Å². The first-order chi connectivity index (χ1) is 6.83. The van der Waals surface area contributed by atoms with Crippen LogP contribution in [-0.2, 0) is 4.74 Å². The van der Waals surface area contributed by atoms with Crippen LogP contribution < -0.4 is 0 Å². The standard InChI is InChI=1S/C10H12Cl2OS/c11-4-5-13-6-7-14-10-3-1-2-9(12)8-10/h1-3,8H,4-7H2. The highest BCUT2D eigenvalue weighted by Gasteiger charge is 1.94. The quantitative estimate of drug-likeness (QED) is 0.433. The molecule has 0 N–H and O–H groups in total. The maximum Gasteiger partial charge on any atom is 0.0602 e. The lowest BCUT2D eigenvalue weighted by Crippen LogP contribution is -1.99. The van der Waals surface area contributed by atoms with Crippen molar-refractivity contribution in [2.75, 3.05) is 24.8 Å². The highest BCUT2D eigenvalue weighted by atomic mass is 35.5. The highest BCUT2D eigenvalue weighted by molar-refractivity contribution is 7.99. The average Bonchev–Trinajstić information content (AvgIpc) is 2.18. The van der Waals surface area contributed by atoms with E-state index < -0.39 is 0 Å². The Hall–Kier alpha value is 0.110.